The maximum Gasteiger partial charge on any atom is 0.410 e. The summed E-state index contributed by atoms with van der Waals surface area (Å²) in [5.41, 5.74) is 6.35. The van der Waals surface area contributed by atoms with Gasteiger partial charge in [-0.2, -0.15) is 0 Å². The molecule has 1 aromatic heterocycles. The quantitative estimate of drug-likeness (QED) is 0.898. The zero-order valence-corrected chi connectivity index (χ0v) is 15.0. The topological polar surface area (TPSA) is 82.6 Å². The summed E-state index contributed by atoms with van der Waals surface area (Å²) in [5.74, 6) is 0.496. The van der Waals surface area contributed by atoms with E-state index < -0.39 is 5.60 Å². The molecule has 1 saturated heterocycles. The predicted molar refractivity (Wildman–Crippen MR) is 90.9 cm³/mol. The number of amides is 1. The average Bonchev–Trinajstić information content (AvgIpc) is 2.84. The molecule has 0 radical (unpaired) electrons. The first-order valence-electron chi connectivity index (χ1n) is 8.58. The second-order valence-electron chi connectivity index (χ2n) is 8.10. The third kappa shape index (κ3) is 3.30. The molecule has 0 bridgehead atoms. The Kier molecular flexibility index (Phi) is 4.13. The molecule has 2 fully saturated rings. The van der Waals surface area contributed by atoms with Crippen LogP contribution in [0.4, 0.5) is 10.5 Å². The van der Waals surface area contributed by atoms with Gasteiger partial charge in [0, 0.05) is 13.1 Å². The Bertz CT molecular complexity index is 604. The van der Waals surface area contributed by atoms with Gasteiger partial charge in [0.1, 0.15) is 11.3 Å². The number of nitrogens with two attached hydrogens (primary N) is 1. The van der Waals surface area contributed by atoms with Gasteiger partial charge in [-0.1, -0.05) is 0 Å². The summed E-state index contributed by atoms with van der Waals surface area (Å²) in [7, 11) is 1.58. The average molecular weight is 336 g/mol. The number of likely N-dealkylation sites (tertiary alicyclic amines) is 1. The monoisotopic (exact) mass is 336 g/mol. The molecule has 1 aromatic rings. The lowest BCUT2D eigenvalue weighted by molar-refractivity contribution is -0.0260. The van der Waals surface area contributed by atoms with Crippen LogP contribution in [0.1, 0.15) is 52.5 Å². The SMILES string of the molecule is COc1nn(C2CC3(CCN(C(=O)OC(C)(C)C)CC3)C2)cc1N. The van der Waals surface area contributed by atoms with Gasteiger partial charge in [-0.05, 0) is 51.9 Å². The van der Waals surface area contributed by atoms with Crippen LogP contribution < -0.4 is 10.5 Å². The van der Waals surface area contributed by atoms with Crippen LogP contribution in [0.25, 0.3) is 0 Å². The fourth-order valence-electron chi connectivity index (χ4n) is 3.76. The van der Waals surface area contributed by atoms with E-state index in [1.165, 1.54) is 0 Å². The molecule has 2 heterocycles. The summed E-state index contributed by atoms with van der Waals surface area (Å²) in [5, 5.41) is 4.40. The number of hydrogen-bond donors (Lipinski definition) is 1. The van der Waals surface area contributed by atoms with Gasteiger partial charge >= 0.3 is 6.09 Å². The van der Waals surface area contributed by atoms with E-state index in [9.17, 15) is 4.79 Å². The van der Waals surface area contributed by atoms with Crippen molar-refractivity contribution in [3.63, 3.8) is 0 Å². The van der Waals surface area contributed by atoms with Crippen LogP contribution in [0.15, 0.2) is 6.20 Å². The first-order chi connectivity index (χ1) is 11.2. The van der Waals surface area contributed by atoms with E-state index in [0.717, 1.165) is 38.8 Å². The van der Waals surface area contributed by atoms with E-state index in [4.69, 9.17) is 15.2 Å². The lowest BCUT2D eigenvalue weighted by atomic mass is 9.60. The Balaban J connectivity index is 1.52. The number of aromatic nitrogens is 2. The zero-order chi connectivity index (χ0) is 17.5. The van der Waals surface area contributed by atoms with Crippen molar-refractivity contribution in [2.75, 3.05) is 25.9 Å². The number of piperidine rings is 1. The highest BCUT2D eigenvalue weighted by Gasteiger charge is 2.47. The highest BCUT2D eigenvalue weighted by Crippen LogP contribution is 2.54. The van der Waals surface area contributed by atoms with Crippen molar-refractivity contribution >= 4 is 11.8 Å². The molecule has 2 N–H and O–H groups in total. The summed E-state index contributed by atoms with van der Waals surface area (Å²) in [4.78, 5) is 14.0. The van der Waals surface area contributed by atoms with Gasteiger partial charge in [-0.15, -0.1) is 5.10 Å². The van der Waals surface area contributed by atoms with Crippen LogP contribution in [-0.4, -0.2) is 46.6 Å². The number of methoxy groups -OCH3 is 1. The Morgan fingerprint density at radius 2 is 1.96 bits per heavy atom. The van der Waals surface area contributed by atoms with E-state index in [1.807, 2.05) is 36.5 Å². The fourth-order valence-corrected chi connectivity index (χ4v) is 3.76. The van der Waals surface area contributed by atoms with Crippen molar-refractivity contribution in [2.45, 2.75) is 58.1 Å². The van der Waals surface area contributed by atoms with Gasteiger partial charge in [-0.3, -0.25) is 4.68 Å². The number of nitrogen functional groups attached to an aromatic ring is 1. The molecule has 1 aliphatic carbocycles. The molecule has 7 nitrogen and oxygen atoms in total. The van der Waals surface area contributed by atoms with Crippen LogP contribution in [-0.2, 0) is 4.74 Å². The maximum atomic E-state index is 12.2. The van der Waals surface area contributed by atoms with Gasteiger partial charge in [0.2, 0.25) is 0 Å². The number of carbonyl (C=O) groups is 1. The second kappa shape index (κ2) is 5.86. The predicted octanol–water partition coefficient (Wildman–Crippen LogP) is 2.83. The highest BCUT2D eigenvalue weighted by atomic mass is 16.6. The Labute approximate surface area is 143 Å². The molecule has 1 spiro atoms. The lowest BCUT2D eigenvalue weighted by Crippen LogP contribution is -2.50. The molecule has 3 rings (SSSR count). The normalized spacial score (nSPS) is 20.8. The molecule has 1 amide bonds. The van der Waals surface area contributed by atoms with E-state index >= 15 is 0 Å². The van der Waals surface area contributed by atoms with Crippen molar-refractivity contribution in [1.82, 2.24) is 14.7 Å². The summed E-state index contributed by atoms with van der Waals surface area (Å²) >= 11 is 0. The Morgan fingerprint density at radius 1 is 1.33 bits per heavy atom. The van der Waals surface area contributed by atoms with E-state index in [2.05, 4.69) is 5.10 Å². The third-order valence-corrected chi connectivity index (χ3v) is 5.11. The van der Waals surface area contributed by atoms with E-state index in [0.29, 0.717) is 23.0 Å². The first-order valence-corrected chi connectivity index (χ1v) is 8.58. The molecular weight excluding hydrogens is 308 g/mol. The molecule has 7 heteroatoms. The molecule has 24 heavy (non-hydrogen) atoms. The molecular formula is C17H28N4O3. The van der Waals surface area contributed by atoms with Crippen molar-refractivity contribution in [3.8, 4) is 5.88 Å². The molecule has 0 aromatic carbocycles. The minimum absolute atomic E-state index is 0.196. The van der Waals surface area contributed by atoms with Crippen LogP contribution >= 0.6 is 0 Å². The minimum Gasteiger partial charge on any atom is -0.478 e. The lowest BCUT2D eigenvalue weighted by Gasteiger charge is -2.52. The number of nitrogens with zero attached hydrogens (tertiary/aromatic N) is 3. The van der Waals surface area contributed by atoms with Gasteiger partial charge < -0.3 is 20.1 Å². The van der Waals surface area contributed by atoms with Gasteiger partial charge in [-0.25, -0.2) is 4.79 Å². The van der Waals surface area contributed by atoms with Crippen molar-refractivity contribution in [2.24, 2.45) is 5.41 Å². The summed E-state index contributed by atoms with van der Waals surface area (Å²) in [6, 6.07) is 0.379. The summed E-state index contributed by atoms with van der Waals surface area (Å²) < 4.78 is 12.5. The van der Waals surface area contributed by atoms with Crippen LogP contribution in [0.3, 0.4) is 0 Å². The fraction of sp³-hybridized carbons (Fsp3) is 0.765. The minimum atomic E-state index is -0.438. The summed E-state index contributed by atoms with van der Waals surface area (Å²) in [6.07, 6.45) is 5.87. The van der Waals surface area contributed by atoms with E-state index in [-0.39, 0.29) is 6.09 Å². The number of ether oxygens (including phenoxy) is 2. The van der Waals surface area contributed by atoms with Crippen LogP contribution in [0, 0.1) is 5.41 Å². The molecule has 0 atom stereocenters. The molecule has 0 unspecified atom stereocenters. The van der Waals surface area contributed by atoms with Crippen molar-refractivity contribution in [1.29, 1.82) is 0 Å². The van der Waals surface area contributed by atoms with Crippen LogP contribution in [0.2, 0.25) is 0 Å². The smallest absolute Gasteiger partial charge is 0.410 e. The second-order valence-corrected chi connectivity index (χ2v) is 8.10. The van der Waals surface area contributed by atoms with E-state index in [1.54, 1.807) is 7.11 Å². The zero-order valence-electron chi connectivity index (χ0n) is 15.0. The number of carbonyl (C=O) groups excluding carboxylic acids is 1. The molecule has 2 aliphatic rings. The Morgan fingerprint density at radius 3 is 2.46 bits per heavy atom. The van der Waals surface area contributed by atoms with Crippen LogP contribution in [0.5, 0.6) is 5.88 Å². The number of anilines is 1. The largest absolute Gasteiger partial charge is 0.478 e. The molecule has 1 aliphatic heterocycles. The van der Waals surface area contributed by atoms with Gasteiger partial charge in [0.25, 0.3) is 5.88 Å². The first kappa shape index (κ1) is 16.9. The van der Waals surface area contributed by atoms with Crippen molar-refractivity contribution < 1.29 is 14.3 Å². The van der Waals surface area contributed by atoms with Gasteiger partial charge in [0.15, 0.2) is 0 Å². The Hall–Kier alpha value is -1.92. The standard InChI is InChI=1S/C17H28N4O3/c1-16(2,3)24-15(22)20-7-5-17(6-8-20)9-12(10-17)21-11-13(18)14(19-21)23-4/h11-12H,5-10,18H2,1-4H3. The van der Waals surface area contributed by atoms with Crippen molar-refractivity contribution in [3.05, 3.63) is 6.20 Å². The number of hydrogen-bond acceptors (Lipinski definition) is 5. The summed E-state index contributed by atoms with van der Waals surface area (Å²) in [6.45, 7) is 7.24. The molecule has 134 valence electrons. The number of rotatable bonds is 2. The maximum absolute atomic E-state index is 12.2. The third-order valence-electron chi connectivity index (χ3n) is 5.11. The van der Waals surface area contributed by atoms with Gasteiger partial charge in [0.05, 0.1) is 19.3 Å². The molecule has 1 saturated carbocycles. The highest BCUT2D eigenvalue weighted by molar-refractivity contribution is 5.68.